The van der Waals surface area contributed by atoms with Gasteiger partial charge in [0.2, 0.25) is 0 Å². The van der Waals surface area contributed by atoms with Crippen LogP contribution in [0.1, 0.15) is 6.92 Å². The molecule has 0 bridgehead atoms. The Balaban J connectivity index is 2.70. The van der Waals surface area contributed by atoms with Crippen LogP contribution >= 0.6 is 11.6 Å². The number of fused-ring (bicyclic) bond motifs is 1. The molecular weight excluding hydrogens is 248 g/mol. The average Bonchev–Trinajstić information content (AvgIpc) is 2.19. The van der Waals surface area contributed by atoms with E-state index in [0.717, 1.165) is 0 Å². The third kappa shape index (κ3) is 1.55. The molecule has 1 heterocycles. The molecule has 2 rings (SSSR count). The van der Waals surface area contributed by atoms with E-state index in [9.17, 15) is 8.42 Å². The lowest BCUT2D eigenvalue weighted by molar-refractivity contribution is 0.578. The van der Waals surface area contributed by atoms with Gasteiger partial charge < -0.3 is 5.32 Å². The van der Waals surface area contributed by atoms with E-state index in [1.807, 2.05) is 6.07 Å². The van der Waals surface area contributed by atoms with E-state index < -0.39 is 21.1 Å². The predicted octanol–water partition coefficient (Wildman–Crippen LogP) is 1.82. The maximum Gasteiger partial charge on any atom is 0.198 e. The topological polar surface area (TPSA) is 70.0 Å². The highest BCUT2D eigenvalue weighted by Crippen LogP contribution is 2.34. The maximum absolute atomic E-state index is 12.1. The van der Waals surface area contributed by atoms with Gasteiger partial charge in [0.25, 0.3) is 0 Å². The highest BCUT2D eigenvalue weighted by Gasteiger charge is 2.38. The van der Waals surface area contributed by atoms with Gasteiger partial charge in [0.1, 0.15) is 0 Å². The lowest BCUT2D eigenvalue weighted by Gasteiger charge is -2.28. The Kier molecular flexibility index (Phi) is 2.56. The van der Waals surface area contributed by atoms with Gasteiger partial charge in [0.05, 0.1) is 22.7 Å². The Morgan fingerprint density at radius 2 is 2.19 bits per heavy atom. The first-order chi connectivity index (χ1) is 7.46. The van der Waals surface area contributed by atoms with E-state index in [2.05, 4.69) is 5.32 Å². The van der Waals surface area contributed by atoms with Crippen LogP contribution in [0.3, 0.4) is 0 Å². The van der Waals surface area contributed by atoms with Crippen LogP contribution in [-0.2, 0) is 9.84 Å². The van der Waals surface area contributed by atoms with Gasteiger partial charge in [-0.15, -0.1) is 0 Å². The molecule has 84 valence electrons. The zero-order valence-electron chi connectivity index (χ0n) is 8.44. The van der Waals surface area contributed by atoms with E-state index >= 15 is 0 Å². The zero-order valence-corrected chi connectivity index (χ0v) is 10.0. The number of benzene rings is 1. The van der Waals surface area contributed by atoms with Gasteiger partial charge in [-0.3, -0.25) is 0 Å². The third-order valence-electron chi connectivity index (χ3n) is 2.55. The van der Waals surface area contributed by atoms with E-state index in [-0.39, 0.29) is 4.90 Å². The highest BCUT2D eigenvalue weighted by molar-refractivity contribution is 7.92. The van der Waals surface area contributed by atoms with Crippen LogP contribution in [0.2, 0.25) is 5.02 Å². The second-order valence-corrected chi connectivity index (χ2v) is 6.14. The first kappa shape index (κ1) is 11.2. The fraction of sp³-hybridized carbons (Fsp3) is 0.300. The van der Waals surface area contributed by atoms with Crippen LogP contribution < -0.4 is 5.32 Å². The number of nitrogens with one attached hydrogen (secondary N) is 1. The van der Waals surface area contributed by atoms with E-state index in [0.29, 0.717) is 10.7 Å². The fourth-order valence-electron chi connectivity index (χ4n) is 1.76. The molecule has 0 amide bonds. The highest BCUT2D eigenvalue weighted by atomic mass is 35.5. The van der Waals surface area contributed by atoms with Crippen molar-refractivity contribution in [2.45, 2.75) is 23.1 Å². The normalized spacial score (nSPS) is 26.3. The molecule has 1 aliphatic heterocycles. The Bertz CT molecular complexity index is 577. The van der Waals surface area contributed by atoms with Crippen molar-refractivity contribution in [3.05, 3.63) is 23.2 Å². The minimum Gasteiger partial charge on any atom is -0.379 e. The first-order valence-corrected chi connectivity index (χ1v) is 6.59. The number of nitriles is 1. The minimum absolute atomic E-state index is 0.102. The monoisotopic (exact) mass is 256 g/mol. The third-order valence-corrected chi connectivity index (χ3v) is 4.92. The molecule has 6 heteroatoms. The quantitative estimate of drug-likeness (QED) is 0.769. The molecule has 0 radical (unpaired) electrons. The van der Waals surface area contributed by atoms with Crippen molar-refractivity contribution in [1.82, 2.24) is 0 Å². The van der Waals surface area contributed by atoms with Crippen molar-refractivity contribution in [3.63, 3.8) is 0 Å². The van der Waals surface area contributed by atoms with Crippen LogP contribution in [-0.4, -0.2) is 19.7 Å². The summed E-state index contributed by atoms with van der Waals surface area (Å²) in [5, 5.41) is 11.1. The Morgan fingerprint density at radius 3 is 2.81 bits per heavy atom. The van der Waals surface area contributed by atoms with Crippen molar-refractivity contribution in [3.8, 4) is 6.07 Å². The lowest BCUT2D eigenvalue weighted by atomic mass is 10.2. The van der Waals surface area contributed by atoms with Gasteiger partial charge in [-0.1, -0.05) is 11.6 Å². The summed E-state index contributed by atoms with van der Waals surface area (Å²) >= 11 is 5.76. The van der Waals surface area contributed by atoms with Crippen LogP contribution in [0.15, 0.2) is 23.1 Å². The largest absolute Gasteiger partial charge is 0.379 e. The van der Waals surface area contributed by atoms with Crippen LogP contribution in [0.25, 0.3) is 0 Å². The summed E-state index contributed by atoms with van der Waals surface area (Å²) in [7, 11) is -3.61. The van der Waals surface area contributed by atoms with Crippen LogP contribution in [0.5, 0.6) is 0 Å². The molecule has 0 aromatic heterocycles. The van der Waals surface area contributed by atoms with Crippen molar-refractivity contribution < 1.29 is 8.42 Å². The second-order valence-electron chi connectivity index (χ2n) is 3.67. The Labute approximate surface area is 98.8 Å². The van der Waals surface area contributed by atoms with Crippen LogP contribution in [0.4, 0.5) is 5.69 Å². The number of sulfone groups is 1. The molecule has 0 saturated carbocycles. The second kappa shape index (κ2) is 3.65. The van der Waals surface area contributed by atoms with Crippen molar-refractivity contribution in [1.29, 1.82) is 5.26 Å². The summed E-state index contributed by atoms with van der Waals surface area (Å²) in [4.78, 5) is 0.102. The van der Waals surface area contributed by atoms with Gasteiger partial charge in [-0.2, -0.15) is 5.26 Å². The minimum atomic E-state index is -3.61. The maximum atomic E-state index is 12.1. The standard InChI is InChI=1S/C10H9ClN2O2S/c1-6-10(5-12)16(14,15)9-4-7(11)2-3-8(9)13-6/h2-4,6,10,13H,1H3. The van der Waals surface area contributed by atoms with E-state index in [1.54, 1.807) is 19.1 Å². The molecule has 4 nitrogen and oxygen atoms in total. The summed E-state index contributed by atoms with van der Waals surface area (Å²) in [5.41, 5.74) is 0.503. The fourth-order valence-corrected chi connectivity index (χ4v) is 3.74. The zero-order chi connectivity index (χ0) is 11.9. The molecule has 1 aliphatic rings. The molecule has 1 N–H and O–H groups in total. The Hall–Kier alpha value is -1.25. The molecule has 0 spiro atoms. The van der Waals surface area contributed by atoms with Gasteiger partial charge in [-0.05, 0) is 25.1 Å². The molecule has 1 aromatic carbocycles. The van der Waals surface area contributed by atoms with Crippen molar-refractivity contribution in [2.75, 3.05) is 5.32 Å². The molecule has 1 aromatic rings. The molecular formula is C10H9ClN2O2S. The van der Waals surface area contributed by atoms with Gasteiger partial charge in [0, 0.05) is 5.02 Å². The van der Waals surface area contributed by atoms with Gasteiger partial charge >= 0.3 is 0 Å². The predicted molar refractivity (Wildman–Crippen MR) is 61.1 cm³/mol. The number of hydrogen-bond acceptors (Lipinski definition) is 4. The number of anilines is 1. The molecule has 0 fully saturated rings. The summed E-state index contributed by atoms with van der Waals surface area (Å²) in [5.74, 6) is 0. The summed E-state index contributed by atoms with van der Waals surface area (Å²) in [6.07, 6.45) is 0. The number of nitrogens with zero attached hydrogens (tertiary/aromatic N) is 1. The number of halogens is 1. The van der Waals surface area contributed by atoms with Crippen molar-refractivity contribution in [2.24, 2.45) is 0 Å². The lowest BCUT2D eigenvalue weighted by Crippen LogP contribution is -2.40. The molecule has 2 unspecified atom stereocenters. The van der Waals surface area contributed by atoms with Crippen molar-refractivity contribution >= 4 is 27.1 Å². The molecule has 0 saturated heterocycles. The summed E-state index contributed by atoms with van der Waals surface area (Å²) in [6, 6.07) is 5.98. The van der Waals surface area contributed by atoms with E-state index in [1.165, 1.54) is 6.07 Å². The summed E-state index contributed by atoms with van der Waals surface area (Å²) in [6.45, 7) is 1.67. The van der Waals surface area contributed by atoms with Gasteiger partial charge in [-0.25, -0.2) is 8.42 Å². The number of rotatable bonds is 0. The van der Waals surface area contributed by atoms with E-state index in [4.69, 9.17) is 16.9 Å². The SMILES string of the molecule is CC1Nc2ccc(Cl)cc2S(=O)(=O)C1C#N. The van der Waals surface area contributed by atoms with Crippen LogP contribution in [0, 0.1) is 11.3 Å². The molecule has 2 atom stereocenters. The van der Waals surface area contributed by atoms with Gasteiger partial charge in [0.15, 0.2) is 15.1 Å². The molecule has 0 aliphatic carbocycles. The molecule has 16 heavy (non-hydrogen) atoms. The first-order valence-electron chi connectivity index (χ1n) is 4.66. The Morgan fingerprint density at radius 1 is 1.50 bits per heavy atom. The number of hydrogen-bond donors (Lipinski definition) is 1. The summed E-state index contributed by atoms with van der Waals surface area (Å²) < 4.78 is 24.2. The smallest absolute Gasteiger partial charge is 0.198 e. The average molecular weight is 257 g/mol.